The zero-order chi connectivity index (χ0) is 18.7. The molecule has 3 rings (SSSR count). The summed E-state index contributed by atoms with van der Waals surface area (Å²) in [4.78, 5) is 18.2. The van der Waals surface area contributed by atoms with E-state index in [0.29, 0.717) is 13.0 Å². The van der Waals surface area contributed by atoms with Crippen LogP contribution in [0.1, 0.15) is 41.6 Å². The number of H-pyrrole nitrogens is 1. The van der Waals surface area contributed by atoms with Gasteiger partial charge >= 0.3 is 0 Å². The van der Waals surface area contributed by atoms with Gasteiger partial charge in [0.25, 0.3) is 0 Å². The summed E-state index contributed by atoms with van der Waals surface area (Å²) in [5, 5.41) is 13.7. The second kappa shape index (κ2) is 8.23. The molecule has 0 saturated carbocycles. The van der Waals surface area contributed by atoms with Gasteiger partial charge in [-0.1, -0.05) is 18.6 Å². The van der Waals surface area contributed by atoms with Crippen molar-refractivity contribution < 1.29 is 9.90 Å². The summed E-state index contributed by atoms with van der Waals surface area (Å²) in [5.74, 6) is 0.0625. The molecule has 1 aromatic heterocycles. The highest BCUT2D eigenvalue weighted by molar-refractivity contribution is 5.93. The second-order valence-electron chi connectivity index (χ2n) is 7.57. The minimum absolute atomic E-state index is 0.0625. The molecule has 0 spiro atoms. The van der Waals surface area contributed by atoms with E-state index < -0.39 is 0 Å². The number of aryl methyl sites for hydroxylation is 3. The summed E-state index contributed by atoms with van der Waals surface area (Å²) in [6.07, 6.45) is 3.82. The van der Waals surface area contributed by atoms with Crippen LogP contribution in [-0.4, -0.2) is 53.2 Å². The number of nitrogens with zero attached hydrogens (tertiary/aromatic N) is 1. The number of aliphatic hydroxyl groups excluding tert-OH is 1. The quantitative estimate of drug-likeness (QED) is 0.744. The molecular formula is C21H31N3O2. The monoisotopic (exact) mass is 357 g/mol. The first-order valence-corrected chi connectivity index (χ1v) is 9.70. The lowest BCUT2D eigenvalue weighted by Gasteiger charge is -2.34. The number of nitrogens with one attached hydrogen (secondary N) is 2. The van der Waals surface area contributed by atoms with Crippen LogP contribution < -0.4 is 5.32 Å². The van der Waals surface area contributed by atoms with Gasteiger partial charge in [0.05, 0.1) is 13.0 Å². The van der Waals surface area contributed by atoms with E-state index in [1.165, 1.54) is 29.4 Å². The number of aromatic amines is 1. The minimum atomic E-state index is 0.0625. The maximum atomic E-state index is 12.5. The van der Waals surface area contributed by atoms with E-state index >= 15 is 0 Å². The van der Waals surface area contributed by atoms with Crippen molar-refractivity contribution in [2.75, 3.05) is 26.2 Å². The summed E-state index contributed by atoms with van der Waals surface area (Å²) in [6, 6.07) is 4.49. The number of aliphatic hydroxyl groups is 1. The molecule has 5 heteroatoms. The number of hydrogen-bond donors (Lipinski definition) is 3. The summed E-state index contributed by atoms with van der Waals surface area (Å²) >= 11 is 0. The Kier molecular flexibility index (Phi) is 5.99. The third-order valence-electron chi connectivity index (χ3n) is 5.71. The Hall–Kier alpha value is -1.85. The van der Waals surface area contributed by atoms with Crippen LogP contribution >= 0.6 is 0 Å². The van der Waals surface area contributed by atoms with E-state index in [4.69, 9.17) is 0 Å². The molecule has 2 heterocycles. The van der Waals surface area contributed by atoms with Crippen LogP contribution in [0.3, 0.4) is 0 Å². The van der Waals surface area contributed by atoms with Crippen LogP contribution in [0.4, 0.5) is 0 Å². The highest BCUT2D eigenvalue weighted by Crippen LogP contribution is 2.28. The number of likely N-dealkylation sites (tertiary alicyclic amines) is 1. The van der Waals surface area contributed by atoms with Crippen molar-refractivity contribution >= 4 is 16.8 Å². The fourth-order valence-electron chi connectivity index (χ4n) is 4.16. The standard InChI is InChI=1S/C21H31N3O2/c1-14-7-8-15(2)21-20(14)18(16(3)23-21)12-19(26)22-9-11-24-10-5-4-6-17(24)13-25/h7-8,17,23,25H,4-6,9-13H2,1-3H3,(H,22,26)/t17-/m0/s1. The molecule has 0 aliphatic carbocycles. The SMILES string of the molecule is Cc1[nH]c2c(C)ccc(C)c2c1CC(=O)NCCN1CCCC[C@H]1CO. The predicted molar refractivity (Wildman–Crippen MR) is 106 cm³/mol. The van der Waals surface area contributed by atoms with Crippen molar-refractivity contribution in [3.05, 3.63) is 34.5 Å². The van der Waals surface area contributed by atoms with Crippen LogP contribution in [0.15, 0.2) is 12.1 Å². The lowest BCUT2D eigenvalue weighted by Crippen LogP contribution is -2.45. The Morgan fingerprint density at radius 2 is 2.04 bits per heavy atom. The van der Waals surface area contributed by atoms with Gasteiger partial charge in [0, 0.05) is 35.7 Å². The molecule has 0 bridgehead atoms. The van der Waals surface area contributed by atoms with Gasteiger partial charge in [-0.3, -0.25) is 9.69 Å². The van der Waals surface area contributed by atoms with Crippen molar-refractivity contribution in [2.45, 2.75) is 52.5 Å². The van der Waals surface area contributed by atoms with Crippen LogP contribution in [0.25, 0.3) is 10.9 Å². The third-order valence-corrected chi connectivity index (χ3v) is 5.71. The molecule has 1 fully saturated rings. The van der Waals surface area contributed by atoms with Gasteiger partial charge in [-0.15, -0.1) is 0 Å². The number of amides is 1. The molecule has 5 nitrogen and oxygen atoms in total. The molecule has 26 heavy (non-hydrogen) atoms. The van der Waals surface area contributed by atoms with E-state index in [1.807, 2.05) is 6.92 Å². The van der Waals surface area contributed by atoms with Gasteiger partial charge in [-0.05, 0) is 56.8 Å². The Morgan fingerprint density at radius 3 is 2.81 bits per heavy atom. The summed E-state index contributed by atoms with van der Waals surface area (Å²) in [6.45, 7) is 8.90. The number of piperidine rings is 1. The molecule has 1 amide bonds. The van der Waals surface area contributed by atoms with Gasteiger partial charge < -0.3 is 15.4 Å². The Balaban J connectivity index is 1.61. The van der Waals surface area contributed by atoms with Gasteiger partial charge in [0.2, 0.25) is 5.91 Å². The summed E-state index contributed by atoms with van der Waals surface area (Å²) < 4.78 is 0. The molecule has 142 valence electrons. The fourth-order valence-corrected chi connectivity index (χ4v) is 4.16. The highest BCUT2D eigenvalue weighted by Gasteiger charge is 2.21. The Labute approximate surface area is 155 Å². The normalized spacial score (nSPS) is 18.4. The van der Waals surface area contributed by atoms with Crippen molar-refractivity contribution in [1.82, 2.24) is 15.2 Å². The molecule has 1 aliphatic rings. The average Bonchev–Trinajstić information content (AvgIpc) is 2.96. The molecule has 0 unspecified atom stereocenters. The number of fused-ring (bicyclic) bond motifs is 1. The number of hydrogen-bond acceptors (Lipinski definition) is 3. The van der Waals surface area contributed by atoms with E-state index in [-0.39, 0.29) is 18.6 Å². The lowest BCUT2D eigenvalue weighted by molar-refractivity contribution is -0.120. The zero-order valence-electron chi connectivity index (χ0n) is 16.2. The maximum Gasteiger partial charge on any atom is 0.224 e. The molecule has 1 atom stereocenters. The molecular weight excluding hydrogens is 326 g/mol. The predicted octanol–water partition coefficient (Wildman–Crippen LogP) is 2.60. The maximum absolute atomic E-state index is 12.5. The summed E-state index contributed by atoms with van der Waals surface area (Å²) in [5.41, 5.74) is 5.73. The number of carbonyl (C=O) groups is 1. The number of carbonyl (C=O) groups excluding carboxylic acids is 1. The first-order valence-electron chi connectivity index (χ1n) is 9.70. The minimum Gasteiger partial charge on any atom is -0.395 e. The number of benzene rings is 1. The van der Waals surface area contributed by atoms with Crippen molar-refractivity contribution in [1.29, 1.82) is 0 Å². The average molecular weight is 357 g/mol. The van der Waals surface area contributed by atoms with Crippen LogP contribution in [0.5, 0.6) is 0 Å². The van der Waals surface area contributed by atoms with Gasteiger partial charge in [0.15, 0.2) is 0 Å². The van der Waals surface area contributed by atoms with Gasteiger partial charge in [-0.2, -0.15) is 0 Å². The van der Waals surface area contributed by atoms with Crippen molar-refractivity contribution in [3.63, 3.8) is 0 Å². The molecule has 1 aromatic carbocycles. The number of aromatic nitrogens is 1. The molecule has 3 N–H and O–H groups in total. The van der Waals surface area contributed by atoms with E-state index in [2.05, 4.69) is 41.2 Å². The highest BCUT2D eigenvalue weighted by atomic mass is 16.3. The fraction of sp³-hybridized carbons (Fsp3) is 0.571. The van der Waals surface area contributed by atoms with E-state index in [9.17, 15) is 9.90 Å². The smallest absolute Gasteiger partial charge is 0.224 e. The Morgan fingerprint density at radius 1 is 1.27 bits per heavy atom. The molecule has 1 saturated heterocycles. The molecule has 0 radical (unpaired) electrons. The largest absolute Gasteiger partial charge is 0.395 e. The molecule has 2 aromatic rings. The van der Waals surface area contributed by atoms with E-state index in [0.717, 1.165) is 36.3 Å². The van der Waals surface area contributed by atoms with Gasteiger partial charge in [-0.25, -0.2) is 0 Å². The van der Waals surface area contributed by atoms with E-state index in [1.54, 1.807) is 0 Å². The van der Waals surface area contributed by atoms with Crippen molar-refractivity contribution in [2.24, 2.45) is 0 Å². The first kappa shape index (κ1) is 18.9. The Bertz CT molecular complexity index is 781. The van der Waals surface area contributed by atoms with Crippen molar-refractivity contribution in [3.8, 4) is 0 Å². The first-order chi connectivity index (χ1) is 12.5. The summed E-state index contributed by atoms with van der Waals surface area (Å²) in [7, 11) is 0. The lowest BCUT2D eigenvalue weighted by atomic mass is 10.0. The molecule has 1 aliphatic heterocycles. The zero-order valence-corrected chi connectivity index (χ0v) is 16.2. The number of rotatable bonds is 6. The van der Waals surface area contributed by atoms with Gasteiger partial charge in [0.1, 0.15) is 0 Å². The van der Waals surface area contributed by atoms with Crippen LogP contribution in [0, 0.1) is 20.8 Å². The van der Waals surface area contributed by atoms with Crippen LogP contribution in [-0.2, 0) is 11.2 Å². The second-order valence-corrected chi connectivity index (χ2v) is 7.57. The third kappa shape index (κ3) is 3.94. The topological polar surface area (TPSA) is 68.4 Å². The van der Waals surface area contributed by atoms with Crippen LogP contribution in [0.2, 0.25) is 0 Å².